The topological polar surface area (TPSA) is 109 Å². The van der Waals surface area contributed by atoms with Gasteiger partial charge in [-0.15, -0.1) is 6.42 Å². The molecule has 0 bridgehead atoms. The molecule has 0 aliphatic rings. The largest absolute Gasteiger partial charge is 0.490 e. The molecular weight excluding hydrogens is 452 g/mol. The minimum absolute atomic E-state index is 0.0168. The standard InChI is InChI=1S/C22H17BrN2O5/c1-3-8-30-20-18(23)10-14(11-19(20)29-4-2)9-16(13-24)21(26)25-17-7-5-6-15(12-17)22(27)28/h1,5-7,9-12H,4,8H2,2H3,(H,25,26)(H,27,28)/b16-9-. The average molecular weight is 469 g/mol. The molecule has 2 rings (SSSR count). The first-order valence-corrected chi connectivity index (χ1v) is 9.48. The number of hydrogen-bond donors (Lipinski definition) is 2. The first-order chi connectivity index (χ1) is 14.4. The molecule has 0 aliphatic heterocycles. The lowest BCUT2D eigenvalue weighted by Gasteiger charge is -2.13. The summed E-state index contributed by atoms with van der Waals surface area (Å²) in [4.78, 5) is 23.6. The second-order valence-electron chi connectivity index (χ2n) is 5.77. The Morgan fingerprint density at radius 3 is 2.70 bits per heavy atom. The van der Waals surface area contributed by atoms with E-state index in [1.807, 2.05) is 6.07 Å². The van der Waals surface area contributed by atoms with Gasteiger partial charge in [0.2, 0.25) is 0 Å². The van der Waals surface area contributed by atoms with Gasteiger partial charge in [0.15, 0.2) is 11.5 Å². The quantitative estimate of drug-likeness (QED) is 0.342. The average Bonchev–Trinajstić information content (AvgIpc) is 2.71. The van der Waals surface area contributed by atoms with Crippen molar-refractivity contribution in [1.29, 1.82) is 5.26 Å². The summed E-state index contributed by atoms with van der Waals surface area (Å²) in [5.74, 6) is 1.39. The van der Waals surface area contributed by atoms with Crippen molar-refractivity contribution in [3.63, 3.8) is 0 Å². The van der Waals surface area contributed by atoms with Crippen LogP contribution in [-0.4, -0.2) is 30.2 Å². The summed E-state index contributed by atoms with van der Waals surface area (Å²) in [6.45, 7) is 2.23. The van der Waals surface area contributed by atoms with Crippen LogP contribution in [0, 0.1) is 23.7 Å². The molecule has 0 atom stereocenters. The lowest BCUT2D eigenvalue weighted by atomic mass is 10.1. The molecule has 2 aromatic rings. The van der Waals surface area contributed by atoms with Crippen molar-refractivity contribution in [2.75, 3.05) is 18.5 Å². The number of anilines is 1. The van der Waals surface area contributed by atoms with E-state index in [9.17, 15) is 14.9 Å². The lowest BCUT2D eigenvalue weighted by molar-refractivity contribution is -0.112. The van der Waals surface area contributed by atoms with Crippen LogP contribution in [0.25, 0.3) is 6.08 Å². The molecule has 0 saturated carbocycles. The summed E-state index contributed by atoms with van der Waals surface area (Å²) in [5, 5.41) is 21.0. The summed E-state index contributed by atoms with van der Waals surface area (Å²) in [7, 11) is 0. The van der Waals surface area contributed by atoms with Gasteiger partial charge in [-0.05, 0) is 64.8 Å². The Morgan fingerprint density at radius 2 is 2.07 bits per heavy atom. The highest BCUT2D eigenvalue weighted by Crippen LogP contribution is 2.37. The number of carboxylic acid groups (broad SMARTS) is 1. The normalized spacial score (nSPS) is 10.5. The van der Waals surface area contributed by atoms with E-state index < -0.39 is 11.9 Å². The molecule has 0 radical (unpaired) electrons. The number of carboxylic acids is 1. The Bertz CT molecular complexity index is 1080. The molecule has 30 heavy (non-hydrogen) atoms. The maximum Gasteiger partial charge on any atom is 0.335 e. The van der Waals surface area contributed by atoms with Crippen LogP contribution in [0.15, 0.2) is 46.4 Å². The summed E-state index contributed by atoms with van der Waals surface area (Å²) in [6, 6.07) is 10.8. The minimum atomic E-state index is -1.12. The van der Waals surface area contributed by atoms with Crippen molar-refractivity contribution in [1.82, 2.24) is 0 Å². The molecular formula is C22H17BrN2O5. The van der Waals surface area contributed by atoms with E-state index in [-0.39, 0.29) is 23.4 Å². The number of benzene rings is 2. The predicted octanol–water partition coefficient (Wildman–Crippen LogP) is 4.10. The van der Waals surface area contributed by atoms with Gasteiger partial charge in [-0.1, -0.05) is 12.0 Å². The molecule has 0 aliphatic carbocycles. The molecule has 7 nitrogen and oxygen atoms in total. The number of hydrogen-bond acceptors (Lipinski definition) is 5. The van der Waals surface area contributed by atoms with E-state index in [2.05, 4.69) is 27.2 Å². The third-order valence-electron chi connectivity index (χ3n) is 3.68. The van der Waals surface area contributed by atoms with E-state index in [1.165, 1.54) is 30.3 Å². The fourth-order valence-electron chi connectivity index (χ4n) is 2.43. The van der Waals surface area contributed by atoms with E-state index in [1.54, 1.807) is 19.1 Å². The Balaban J connectivity index is 2.33. The number of nitrogens with one attached hydrogen (secondary N) is 1. The molecule has 8 heteroatoms. The highest BCUT2D eigenvalue weighted by molar-refractivity contribution is 9.10. The zero-order valence-corrected chi connectivity index (χ0v) is 17.5. The zero-order valence-electron chi connectivity index (χ0n) is 15.9. The van der Waals surface area contributed by atoms with Gasteiger partial charge in [0, 0.05) is 5.69 Å². The van der Waals surface area contributed by atoms with Crippen LogP contribution in [-0.2, 0) is 4.79 Å². The third kappa shape index (κ3) is 5.87. The first kappa shape index (κ1) is 22.5. The van der Waals surface area contributed by atoms with Crippen molar-refractivity contribution in [2.24, 2.45) is 0 Å². The fourth-order valence-corrected chi connectivity index (χ4v) is 3.01. The number of ether oxygens (including phenoxy) is 2. The van der Waals surface area contributed by atoms with Crippen LogP contribution in [0.4, 0.5) is 5.69 Å². The molecule has 0 fully saturated rings. The van der Waals surface area contributed by atoms with Gasteiger partial charge in [-0.25, -0.2) is 4.79 Å². The Labute approximate surface area is 182 Å². The van der Waals surface area contributed by atoms with Gasteiger partial charge < -0.3 is 19.9 Å². The molecule has 2 aromatic carbocycles. The first-order valence-electron chi connectivity index (χ1n) is 8.68. The molecule has 0 heterocycles. The smallest absolute Gasteiger partial charge is 0.335 e. The Kier molecular flexibility index (Phi) is 8.04. The van der Waals surface area contributed by atoms with Crippen molar-refractivity contribution in [3.8, 4) is 29.9 Å². The maximum absolute atomic E-state index is 12.5. The van der Waals surface area contributed by atoms with Gasteiger partial charge in [0.05, 0.1) is 16.6 Å². The van der Waals surface area contributed by atoms with Crippen molar-refractivity contribution in [2.45, 2.75) is 6.92 Å². The summed E-state index contributed by atoms with van der Waals surface area (Å²) >= 11 is 3.38. The van der Waals surface area contributed by atoms with Gasteiger partial charge in [-0.3, -0.25) is 4.79 Å². The van der Waals surface area contributed by atoms with Crippen LogP contribution in [0.2, 0.25) is 0 Å². The molecule has 0 spiro atoms. The van der Waals surface area contributed by atoms with Crippen LogP contribution in [0.5, 0.6) is 11.5 Å². The highest BCUT2D eigenvalue weighted by Gasteiger charge is 2.15. The van der Waals surface area contributed by atoms with Gasteiger partial charge in [0.1, 0.15) is 18.2 Å². The molecule has 152 valence electrons. The number of aromatic carboxylic acids is 1. The zero-order chi connectivity index (χ0) is 22.1. The fraction of sp³-hybridized carbons (Fsp3) is 0.136. The van der Waals surface area contributed by atoms with Gasteiger partial charge in [-0.2, -0.15) is 5.26 Å². The monoisotopic (exact) mass is 468 g/mol. The molecule has 1 amide bonds. The van der Waals surface area contributed by atoms with E-state index >= 15 is 0 Å². The lowest BCUT2D eigenvalue weighted by Crippen LogP contribution is -2.14. The predicted molar refractivity (Wildman–Crippen MR) is 115 cm³/mol. The maximum atomic E-state index is 12.5. The van der Waals surface area contributed by atoms with Gasteiger partial charge >= 0.3 is 5.97 Å². The second kappa shape index (κ2) is 10.7. The number of nitriles is 1. The number of terminal acetylenes is 1. The number of rotatable bonds is 8. The molecule has 2 N–H and O–H groups in total. The summed E-state index contributed by atoms with van der Waals surface area (Å²) < 4.78 is 11.6. The number of amides is 1. The van der Waals surface area contributed by atoms with E-state index in [0.29, 0.717) is 28.1 Å². The Hall–Kier alpha value is -3.75. The molecule has 0 unspecified atom stereocenters. The minimum Gasteiger partial charge on any atom is -0.490 e. The van der Waals surface area contributed by atoms with Crippen molar-refractivity contribution in [3.05, 3.63) is 57.6 Å². The summed E-state index contributed by atoms with van der Waals surface area (Å²) in [6.07, 6.45) is 6.62. The van der Waals surface area contributed by atoms with E-state index in [4.69, 9.17) is 21.0 Å². The van der Waals surface area contributed by atoms with Crippen LogP contribution >= 0.6 is 15.9 Å². The number of carbonyl (C=O) groups is 2. The van der Waals surface area contributed by atoms with Crippen LogP contribution in [0.1, 0.15) is 22.8 Å². The van der Waals surface area contributed by atoms with E-state index in [0.717, 1.165) is 0 Å². The SMILES string of the molecule is C#CCOc1c(Br)cc(/C=C(/C#N)C(=O)Nc2cccc(C(=O)O)c2)cc1OCC. The molecule has 0 saturated heterocycles. The van der Waals surface area contributed by atoms with Crippen molar-refractivity contribution >= 4 is 39.6 Å². The van der Waals surface area contributed by atoms with Gasteiger partial charge in [0.25, 0.3) is 5.91 Å². The summed E-state index contributed by atoms with van der Waals surface area (Å²) in [5.41, 5.74) is 0.616. The number of nitrogens with zero attached hydrogens (tertiary/aromatic N) is 1. The van der Waals surface area contributed by atoms with Crippen molar-refractivity contribution < 1.29 is 24.2 Å². The highest BCUT2D eigenvalue weighted by atomic mass is 79.9. The number of carbonyl (C=O) groups excluding carboxylic acids is 1. The number of halogens is 1. The molecule has 0 aromatic heterocycles. The second-order valence-corrected chi connectivity index (χ2v) is 6.62. The van der Waals surface area contributed by atoms with Crippen LogP contribution < -0.4 is 14.8 Å². The Morgan fingerprint density at radius 1 is 1.30 bits per heavy atom. The van der Waals surface area contributed by atoms with Crippen LogP contribution in [0.3, 0.4) is 0 Å². The third-order valence-corrected chi connectivity index (χ3v) is 4.26.